The van der Waals surface area contributed by atoms with Gasteiger partial charge in [-0.3, -0.25) is 0 Å². The van der Waals surface area contributed by atoms with Crippen LogP contribution in [0, 0.1) is 13.8 Å². The molecule has 2 aromatic carbocycles. The van der Waals surface area contributed by atoms with E-state index >= 15 is 0 Å². The van der Waals surface area contributed by atoms with Crippen molar-refractivity contribution in [3.05, 3.63) is 59.4 Å². The van der Waals surface area contributed by atoms with Gasteiger partial charge in [0.15, 0.2) is 0 Å². The molecule has 2 heterocycles. The zero-order valence-corrected chi connectivity index (χ0v) is 14.9. The maximum absolute atomic E-state index is 6.02. The fourth-order valence-corrected chi connectivity index (χ4v) is 3.63. The summed E-state index contributed by atoms with van der Waals surface area (Å²) >= 11 is 0. The van der Waals surface area contributed by atoms with Gasteiger partial charge in [-0.25, -0.2) is 4.98 Å². The van der Waals surface area contributed by atoms with E-state index in [1.165, 1.54) is 11.1 Å². The SMILES string of the molecule is Cc1cc(C)cc(OCCn2c(C3CCCO3)nc3ccccc32)c1. The fourth-order valence-electron chi connectivity index (χ4n) is 3.63. The molecular formula is C21H24N2O2. The number of hydrogen-bond donors (Lipinski definition) is 0. The Kier molecular flexibility index (Phi) is 4.45. The number of benzene rings is 2. The molecule has 0 saturated carbocycles. The van der Waals surface area contributed by atoms with Crippen molar-refractivity contribution in [1.82, 2.24) is 9.55 Å². The topological polar surface area (TPSA) is 36.3 Å². The minimum Gasteiger partial charge on any atom is -0.492 e. The van der Waals surface area contributed by atoms with Crippen LogP contribution in [-0.2, 0) is 11.3 Å². The summed E-state index contributed by atoms with van der Waals surface area (Å²) in [4.78, 5) is 4.83. The highest BCUT2D eigenvalue weighted by Crippen LogP contribution is 2.30. The molecule has 1 saturated heterocycles. The number of para-hydroxylation sites is 2. The van der Waals surface area contributed by atoms with Crippen LogP contribution in [0.25, 0.3) is 11.0 Å². The first-order valence-corrected chi connectivity index (χ1v) is 8.98. The van der Waals surface area contributed by atoms with Crippen LogP contribution in [0.15, 0.2) is 42.5 Å². The Morgan fingerprint density at radius 3 is 2.72 bits per heavy atom. The Hall–Kier alpha value is -2.33. The highest BCUT2D eigenvalue weighted by atomic mass is 16.5. The second-order valence-electron chi connectivity index (χ2n) is 6.78. The Balaban J connectivity index is 1.56. The normalized spacial score (nSPS) is 17.3. The molecule has 0 radical (unpaired) electrons. The monoisotopic (exact) mass is 336 g/mol. The van der Waals surface area contributed by atoms with Crippen LogP contribution in [-0.4, -0.2) is 22.8 Å². The molecular weight excluding hydrogens is 312 g/mol. The minimum atomic E-state index is 0.105. The molecule has 4 nitrogen and oxygen atoms in total. The van der Waals surface area contributed by atoms with Gasteiger partial charge in [-0.2, -0.15) is 0 Å². The van der Waals surface area contributed by atoms with Crippen LogP contribution in [0.3, 0.4) is 0 Å². The first-order chi connectivity index (χ1) is 12.2. The van der Waals surface area contributed by atoms with Gasteiger partial charge in [0.1, 0.15) is 24.3 Å². The molecule has 0 spiro atoms. The summed E-state index contributed by atoms with van der Waals surface area (Å²) < 4.78 is 14.2. The van der Waals surface area contributed by atoms with Gasteiger partial charge in [0, 0.05) is 6.61 Å². The molecule has 1 unspecified atom stereocenters. The second-order valence-corrected chi connectivity index (χ2v) is 6.78. The van der Waals surface area contributed by atoms with Crippen LogP contribution >= 0.6 is 0 Å². The highest BCUT2D eigenvalue weighted by Gasteiger charge is 2.24. The van der Waals surface area contributed by atoms with Crippen LogP contribution in [0.1, 0.15) is 35.9 Å². The number of hydrogen-bond acceptors (Lipinski definition) is 3. The third-order valence-corrected chi connectivity index (χ3v) is 4.68. The smallest absolute Gasteiger partial charge is 0.139 e. The summed E-state index contributed by atoms with van der Waals surface area (Å²) in [5.41, 5.74) is 4.63. The van der Waals surface area contributed by atoms with Crippen LogP contribution in [0.2, 0.25) is 0 Å². The van der Waals surface area contributed by atoms with Gasteiger partial charge in [0.25, 0.3) is 0 Å². The van der Waals surface area contributed by atoms with E-state index < -0.39 is 0 Å². The largest absolute Gasteiger partial charge is 0.492 e. The van der Waals surface area contributed by atoms with Crippen molar-refractivity contribution >= 4 is 11.0 Å². The van der Waals surface area contributed by atoms with Crippen molar-refractivity contribution in [2.75, 3.05) is 13.2 Å². The van der Waals surface area contributed by atoms with E-state index in [0.717, 1.165) is 48.6 Å². The van der Waals surface area contributed by atoms with Gasteiger partial charge >= 0.3 is 0 Å². The van der Waals surface area contributed by atoms with Crippen molar-refractivity contribution in [3.8, 4) is 5.75 Å². The maximum atomic E-state index is 6.02. The second kappa shape index (κ2) is 6.89. The molecule has 130 valence electrons. The van der Waals surface area contributed by atoms with Gasteiger partial charge in [-0.1, -0.05) is 18.2 Å². The van der Waals surface area contributed by atoms with Crippen molar-refractivity contribution in [3.63, 3.8) is 0 Å². The van der Waals surface area contributed by atoms with E-state index in [1.807, 2.05) is 6.07 Å². The molecule has 1 aliphatic heterocycles. The predicted molar refractivity (Wildman–Crippen MR) is 99.1 cm³/mol. The average molecular weight is 336 g/mol. The first kappa shape index (κ1) is 16.2. The summed E-state index contributed by atoms with van der Waals surface area (Å²) in [5.74, 6) is 1.96. The van der Waals surface area contributed by atoms with Crippen molar-refractivity contribution in [1.29, 1.82) is 0 Å². The lowest BCUT2D eigenvalue weighted by Gasteiger charge is -2.14. The maximum Gasteiger partial charge on any atom is 0.139 e. The number of aromatic nitrogens is 2. The van der Waals surface area contributed by atoms with Crippen LogP contribution in [0.4, 0.5) is 0 Å². The Bertz CT molecular complexity index is 858. The lowest BCUT2D eigenvalue weighted by molar-refractivity contribution is 0.101. The number of fused-ring (bicyclic) bond motifs is 1. The molecule has 0 bridgehead atoms. The summed E-state index contributed by atoms with van der Waals surface area (Å²) in [6.07, 6.45) is 2.25. The molecule has 0 aliphatic carbocycles. The molecule has 0 N–H and O–H groups in total. The third kappa shape index (κ3) is 3.40. The number of aryl methyl sites for hydroxylation is 2. The van der Waals surface area contributed by atoms with Crippen LogP contribution < -0.4 is 4.74 Å². The van der Waals surface area contributed by atoms with E-state index in [9.17, 15) is 0 Å². The molecule has 25 heavy (non-hydrogen) atoms. The van der Waals surface area contributed by atoms with Crippen molar-refractivity contribution in [2.24, 2.45) is 0 Å². The van der Waals surface area contributed by atoms with Crippen molar-refractivity contribution in [2.45, 2.75) is 39.3 Å². The predicted octanol–water partition coefficient (Wildman–Crippen LogP) is 4.58. The molecule has 4 heteroatoms. The van der Waals surface area contributed by atoms with Gasteiger partial charge in [0.05, 0.1) is 17.6 Å². The van der Waals surface area contributed by atoms with Crippen molar-refractivity contribution < 1.29 is 9.47 Å². The average Bonchev–Trinajstić information content (AvgIpc) is 3.22. The van der Waals surface area contributed by atoms with E-state index in [1.54, 1.807) is 0 Å². The minimum absolute atomic E-state index is 0.105. The zero-order chi connectivity index (χ0) is 17.2. The molecule has 1 fully saturated rings. The fraction of sp³-hybridized carbons (Fsp3) is 0.381. The molecule has 1 aromatic heterocycles. The number of nitrogens with zero attached hydrogens (tertiary/aromatic N) is 2. The summed E-state index contributed by atoms with van der Waals surface area (Å²) in [6.45, 7) is 6.40. The van der Waals surface area contributed by atoms with Gasteiger partial charge < -0.3 is 14.0 Å². The molecule has 0 amide bonds. The summed E-state index contributed by atoms with van der Waals surface area (Å²) in [6, 6.07) is 14.6. The quantitative estimate of drug-likeness (QED) is 0.684. The number of ether oxygens (including phenoxy) is 2. The van der Waals surface area contributed by atoms with Gasteiger partial charge in [0.2, 0.25) is 0 Å². The van der Waals surface area contributed by atoms with E-state index in [-0.39, 0.29) is 6.10 Å². The van der Waals surface area contributed by atoms with E-state index in [2.05, 4.69) is 54.8 Å². The van der Waals surface area contributed by atoms with Gasteiger partial charge in [-0.05, 0) is 62.1 Å². The Morgan fingerprint density at radius 2 is 1.96 bits per heavy atom. The first-order valence-electron chi connectivity index (χ1n) is 8.98. The number of rotatable bonds is 5. The highest BCUT2D eigenvalue weighted by molar-refractivity contribution is 5.76. The number of imidazole rings is 1. The molecule has 1 atom stereocenters. The molecule has 4 rings (SSSR count). The van der Waals surface area contributed by atoms with E-state index in [4.69, 9.17) is 14.5 Å². The third-order valence-electron chi connectivity index (χ3n) is 4.68. The lowest BCUT2D eigenvalue weighted by Crippen LogP contribution is -2.13. The van der Waals surface area contributed by atoms with Gasteiger partial charge in [-0.15, -0.1) is 0 Å². The summed E-state index contributed by atoms with van der Waals surface area (Å²) in [5, 5.41) is 0. The Morgan fingerprint density at radius 1 is 1.16 bits per heavy atom. The molecule has 3 aromatic rings. The van der Waals surface area contributed by atoms with E-state index in [0.29, 0.717) is 6.61 Å². The standard InChI is InChI=1S/C21H24N2O2/c1-15-12-16(2)14-17(13-15)24-11-9-23-19-7-4-3-6-18(19)22-21(23)20-8-5-10-25-20/h3-4,6-7,12-14,20H,5,8-11H2,1-2H3. The summed E-state index contributed by atoms with van der Waals surface area (Å²) in [7, 11) is 0. The lowest BCUT2D eigenvalue weighted by atomic mass is 10.1. The molecule has 1 aliphatic rings. The van der Waals surface area contributed by atoms with Crippen LogP contribution in [0.5, 0.6) is 5.75 Å². The Labute approximate surface area is 148 Å². The zero-order valence-electron chi connectivity index (χ0n) is 14.9.